The first-order chi connectivity index (χ1) is 9.76. The summed E-state index contributed by atoms with van der Waals surface area (Å²) < 4.78 is 5.88. The number of aromatic nitrogens is 2. The summed E-state index contributed by atoms with van der Waals surface area (Å²) in [6, 6.07) is 2.03. The van der Waals surface area contributed by atoms with Gasteiger partial charge in [-0.25, -0.2) is 9.97 Å². The molecule has 2 heterocycles. The van der Waals surface area contributed by atoms with E-state index in [1.54, 1.807) is 0 Å². The van der Waals surface area contributed by atoms with Crippen molar-refractivity contribution in [1.82, 2.24) is 14.9 Å². The number of hydrogen-bond acceptors (Lipinski definition) is 5. The zero-order chi connectivity index (χ0) is 14.4. The Labute approximate surface area is 121 Å². The summed E-state index contributed by atoms with van der Waals surface area (Å²) in [6.07, 6.45) is 2.09. The molecule has 0 aliphatic carbocycles. The zero-order valence-electron chi connectivity index (χ0n) is 12.9. The first kappa shape index (κ1) is 15.2. The molecule has 20 heavy (non-hydrogen) atoms. The van der Waals surface area contributed by atoms with Crippen LogP contribution in [0.25, 0.3) is 0 Å². The second-order valence-corrected chi connectivity index (χ2v) is 5.15. The summed E-state index contributed by atoms with van der Waals surface area (Å²) in [6.45, 7) is 11.1. The van der Waals surface area contributed by atoms with Gasteiger partial charge in [0.1, 0.15) is 11.9 Å². The average molecular weight is 278 g/mol. The van der Waals surface area contributed by atoms with E-state index in [0.29, 0.717) is 0 Å². The van der Waals surface area contributed by atoms with Gasteiger partial charge in [-0.3, -0.25) is 4.90 Å². The largest absolute Gasteiger partial charge is 0.370 e. The smallest absolute Gasteiger partial charge is 0.161 e. The molecule has 0 amide bonds. The molecule has 1 atom stereocenters. The van der Waals surface area contributed by atoms with Crippen LogP contribution in [0.3, 0.4) is 0 Å². The van der Waals surface area contributed by atoms with Crippen LogP contribution in [-0.4, -0.2) is 47.7 Å². The van der Waals surface area contributed by atoms with Gasteiger partial charge in [0.05, 0.1) is 6.61 Å². The monoisotopic (exact) mass is 278 g/mol. The Balaban J connectivity index is 2.15. The summed E-state index contributed by atoms with van der Waals surface area (Å²) in [7, 11) is 0. The third kappa shape index (κ3) is 3.90. The van der Waals surface area contributed by atoms with Gasteiger partial charge in [-0.1, -0.05) is 13.8 Å². The molecule has 5 nitrogen and oxygen atoms in total. The summed E-state index contributed by atoms with van der Waals surface area (Å²) in [5.41, 5.74) is 1.07. The van der Waals surface area contributed by atoms with E-state index in [0.717, 1.165) is 56.5 Å². The molecular formula is C15H26N4O. The molecule has 1 aromatic rings. The number of aryl methyl sites for hydroxylation is 1. The SMILES string of the molecule is CCCN1CCOC(c2nc(CC)cc(NCC)n2)C1. The van der Waals surface area contributed by atoms with Crippen LogP contribution in [0.5, 0.6) is 0 Å². The van der Waals surface area contributed by atoms with Gasteiger partial charge in [0.2, 0.25) is 0 Å². The number of ether oxygens (including phenoxy) is 1. The Morgan fingerprint density at radius 1 is 1.35 bits per heavy atom. The lowest BCUT2D eigenvalue weighted by Gasteiger charge is -2.32. The number of morpholine rings is 1. The Kier molecular flexibility index (Phi) is 5.73. The molecule has 1 aliphatic heterocycles. The van der Waals surface area contributed by atoms with Crippen LogP contribution in [0.1, 0.15) is 44.8 Å². The van der Waals surface area contributed by atoms with Crippen molar-refractivity contribution < 1.29 is 4.74 Å². The Bertz CT molecular complexity index is 422. The lowest BCUT2D eigenvalue weighted by atomic mass is 10.2. The first-order valence-electron chi connectivity index (χ1n) is 7.72. The third-order valence-corrected chi connectivity index (χ3v) is 3.50. The molecule has 1 aliphatic rings. The van der Waals surface area contributed by atoms with Crippen molar-refractivity contribution in [3.8, 4) is 0 Å². The molecule has 0 spiro atoms. The molecular weight excluding hydrogens is 252 g/mol. The topological polar surface area (TPSA) is 50.3 Å². The van der Waals surface area contributed by atoms with Gasteiger partial charge in [-0.15, -0.1) is 0 Å². The van der Waals surface area contributed by atoms with Crippen molar-refractivity contribution in [2.24, 2.45) is 0 Å². The van der Waals surface area contributed by atoms with Gasteiger partial charge < -0.3 is 10.1 Å². The number of rotatable bonds is 6. The molecule has 0 radical (unpaired) electrons. The fraction of sp³-hybridized carbons (Fsp3) is 0.733. The molecule has 1 saturated heterocycles. The fourth-order valence-electron chi connectivity index (χ4n) is 2.49. The lowest BCUT2D eigenvalue weighted by molar-refractivity contribution is -0.0342. The Morgan fingerprint density at radius 2 is 2.20 bits per heavy atom. The molecule has 112 valence electrons. The van der Waals surface area contributed by atoms with Gasteiger partial charge in [0.15, 0.2) is 5.82 Å². The van der Waals surface area contributed by atoms with Crippen molar-refractivity contribution in [3.63, 3.8) is 0 Å². The predicted molar refractivity (Wildman–Crippen MR) is 81.0 cm³/mol. The maximum absolute atomic E-state index is 5.88. The molecule has 1 fully saturated rings. The van der Waals surface area contributed by atoms with E-state index in [2.05, 4.69) is 41.0 Å². The minimum absolute atomic E-state index is 0.000735. The molecule has 0 saturated carbocycles. The molecule has 2 rings (SSSR count). The van der Waals surface area contributed by atoms with Crippen LogP contribution >= 0.6 is 0 Å². The minimum Gasteiger partial charge on any atom is -0.370 e. The van der Waals surface area contributed by atoms with Crippen LogP contribution in [0.2, 0.25) is 0 Å². The Morgan fingerprint density at radius 3 is 2.90 bits per heavy atom. The zero-order valence-corrected chi connectivity index (χ0v) is 12.9. The second-order valence-electron chi connectivity index (χ2n) is 5.15. The Hall–Kier alpha value is -1.20. The summed E-state index contributed by atoms with van der Waals surface area (Å²) >= 11 is 0. The van der Waals surface area contributed by atoms with E-state index < -0.39 is 0 Å². The second kappa shape index (κ2) is 7.55. The van der Waals surface area contributed by atoms with Crippen molar-refractivity contribution in [1.29, 1.82) is 0 Å². The van der Waals surface area contributed by atoms with E-state index in [1.165, 1.54) is 6.42 Å². The van der Waals surface area contributed by atoms with E-state index in [9.17, 15) is 0 Å². The van der Waals surface area contributed by atoms with Gasteiger partial charge in [-0.2, -0.15) is 0 Å². The number of nitrogens with zero attached hydrogens (tertiary/aromatic N) is 3. The first-order valence-corrected chi connectivity index (χ1v) is 7.72. The maximum atomic E-state index is 5.88. The summed E-state index contributed by atoms with van der Waals surface area (Å²) in [5.74, 6) is 1.73. The van der Waals surface area contributed by atoms with Crippen LogP contribution in [-0.2, 0) is 11.2 Å². The van der Waals surface area contributed by atoms with Gasteiger partial charge in [-0.05, 0) is 26.3 Å². The van der Waals surface area contributed by atoms with Crippen molar-refractivity contribution in [2.45, 2.75) is 39.7 Å². The molecule has 1 aromatic heterocycles. The molecule has 0 aromatic carbocycles. The van der Waals surface area contributed by atoms with Crippen LogP contribution < -0.4 is 5.32 Å². The standard InChI is InChI=1S/C15H26N4O/c1-4-7-19-8-9-20-13(11-19)15-17-12(5-2)10-14(18-15)16-6-3/h10,13H,4-9,11H2,1-3H3,(H,16,17,18). The maximum Gasteiger partial charge on any atom is 0.161 e. The predicted octanol–water partition coefficient (Wildman–Crippen LogP) is 2.25. The van der Waals surface area contributed by atoms with Crippen molar-refractivity contribution >= 4 is 5.82 Å². The molecule has 1 N–H and O–H groups in total. The highest BCUT2D eigenvalue weighted by Gasteiger charge is 2.24. The van der Waals surface area contributed by atoms with E-state index in [1.807, 2.05) is 6.07 Å². The average Bonchev–Trinajstić information content (AvgIpc) is 2.48. The highest BCUT2D eigenvalue weighted by molar-refractivity contribution is 5.36. The van der Waals surface area contributed by atoms with E-state index >= 15 is 0 Å². The van der Waals surface area contributed by atoms with Crippen LogP contribution in [0.4, 0.5) is 5.82 Å². The van der Waals surface area contributed by atoms with E-state index in [-0.39, 0.29) is 6.10 Å². The highest BCUT2D eigenvalue weighted by atomic mass is 16.5. The number of hydrogen-bond donors (Lipinski definition) is 1. The quantitative estimate of drug-likeness (QED) is 0.865. The molecule has 0 bridgehead atoms. The van der Waals surface area contributed by atoms with E-state index in [4.69, 9.17) is 4.74 Å². The van der Waals surface area contributed by atoms with Gasteiger partial charge in [0, 0.05) is 31.4 Å². The van der Waals surface area contributed by atoms with Crippen molar-refractivity contribution in [2.75, 3.05) is 38.1 Å². The van der Waals surface area contributed by atoms with Crippen molar-refractivity contribution in [3.05, 3.63) is 17.6 Å². The van der Waals surface area contributed by atoms with Crippen LogP contribution in [0, 0.1) is 0 Å². The highest BCUT2D eigenvalue weighted by Crippen LogP contribution is 2.21. The van der Waals surface area contributed by atoms with Gasteiger partial charge in [0.25, 0.3) is 0 Å². The normalized spacial score (nSPS) is 20.1. The number of nitrogens with one attached hydrogen (secondary N) is 1. The lowest BCUT2D eigenvalue weighted by Crippen LogP contribution is -2.39. The fourth-order valence-corrected chi connectivity index (χ4v) is 2.49. The van der Waals surface area contributed by atoms with Gasteiger partial charge >= 0.3 is 0 Å². The summed E-state index contributed by atoms with van der Waals surface area (Å²) in [5, 5.41) is 3.28. The third-order valence-electron chi connectivity index (χ3n) is 3.50. The summed E-state index contributed by atoms with van der Waals surface area (Å²) in [4.78, 5) is 11.7. The molecule has 5 heteroatoms. The number of anilines is 1. The molecule has 1 unspecified atom stereocenters. The minimum atomic E-state index is -0.000735. The van der Waals surface area contributed by atoms with Crippen LogP contribution in [0.15, 0.2) is 6.07 Å².